The molecule has 180 valence electrons. The molecule has 0 aliphatic carbocycles. The summed E-state index contributed by atoms with van der Waals surface area (Å²) in [4.78, 5) is 9.25. The number of aliphatic hydroxyl groups is 3. The van der Waals surface area contributed by atoms with Crippen molar-refractivity contribution in [2.45, 2.75) is 95.7 Å². The maximum atomic E-state index is 11.5. The average Bonchev–Trinajstić information content (AvgIpc) is 2.49. The van der Waals surface area contributed by atoms with E-state index in [4.69, 9.17) is 18.4 Å². The van der Waals surface area contributed by atoms with Crippen molar-refractivity contribution in [3.8, 4) is 0 Å². The van der Waals surface area contributed by atoms with Crippen LogP contribution in [0.25, 0.3) is 0 Å². The zero-order valence-corrected chi connectivity index (χ0v) is 25.6. The van der Waals surface area contributed by atoms with E-state index >= 15 is 0 Å². The third-order valence-corrected chi connectivity index (χ3v) is 8.07. The van der Waals surface area contributed by atoms with Gasteiger partial charge in [0.2, 0.25) is 12.1 Å². The van der Waals surface area contributed by atoms with Crippen molar-refractivity contribution in [1.29, 1.82) is 0 Å². The van der Waals surface area contributed by atoms with Crippen LogP contribution in [-0.4, -0.2) is 79.5 Å². The molecule has 0 bridgehead atoms. The van der Waals surface area contributed by atoms with Gasteiger partial charge in [-0.25, -0.2) is 4.79 Å². The van der Waals surface area contributed by atoms with E-state index in [1.807, 2.05) is 65.8 Å². The Morgan fingerprint density at radius 3 is 1.53 bits per heavy atom. The number of carboxylic acid groups (broad SMARTS) is 1. The van der Waals surface area contributed by atoms with Crippen molar-refractivity contribution >= 4 is 41.2 Å². The minimum Gasteiger partial charge on any atom is -0.478 e. The quantitative estimate of drug-likeness (QED) is 0.193. The standard InChI is InChI=1S/C15H40O6Si4.C3H4O2/c1-11-12(22)14(17,20-24(5,6)7)15(18,21-25(8,9)10)13(16)19-23(2,3)4;1-2-3(4)5/h12-13,16-18H,11H2,1-10,22H3;2H,1H2,(H,4,5). The minimum atomic E-state index is -2.36. The van der Waals surface area contributed by atoms with E-state index < -0.39 is 48.8 Å². The second-order valence-corrected chi connectivity index (χ2v) is 25.0. The van der Waals surface area contributed by atoms with E-state index in [1.165, 1.54) is 0 Å². The molecule has 4 unspecified atom stereocenters. The van der Waals surface area contributed by atoms with Crippen molar-refractivity contribution in [2.75, 3.05) is 0 Å². The van der Waals surface area contributed by atoms with Gasteiger partial charge in [0.15, 0.2) is 25.0 Å². The maximum absolute atomic E-state index is 11.5. The fourth-order valence-corrected chi connectivity index (χ4v) is 6.51. The molecule has 0 saturated heterocycles. The van der Waals surface area contributed by atoms with E-state index in [-0.39, 0.29) is 5.54 Å². The van der Waals surface area contributed by atoms with Crippen LogP contribution in [0.5, 0.6) is 0 Å². The van der Waals surface area contributed by atoms with Gasteiger partial charge in [-0.3, -0.25) is 0 Å². The summed E-state index contributed by atoms with van der Waals surface area (Å²) >= 11 is 0. The lowest BCUT2D eigenvalue weighted by atomic mass is 9.99. The van der Waals surface area contributed by atoms with E-state index in [9.17, 15) is 20.1 Å². The average molecular weight is 501 g/mol. The smallest absolute Gasteiger partial charge is 0.327 e. The number of hydrogen-bond donors (Lipinski definition) is 4. The predicted octanol–water partition coefficient (Wildman–Crippen LogP) is 2.06. The zero-order chi connectivity index (χ0) is 24.8. The number of hydrogen-bond acceptors (Lipinski definition) is 7. The van der Waals surface area contributed by atoms with Crippen LogP contribution >= 0.6 is 0 Å². The van der Waals surface area contributed by atoms with Gasteiger partial charge in [-0.2, -0.15) is 0 Å². The summed E-state index contributed by atoms with van der Waals surface area (Å²) in [5, 5.41) is 41.4. The number of carboxylic acids is 1. The highest BCUT2D eigenvalue weighted by Crippen LogP contribution is 2.43. The lowest BCUT2D eigenvalue weighted by Crippen LogP contribution is -2.71. The first-order chi connectivity index (χ1) is 13.0. The molecule has 8 nitrogen and oxygen atoms in total. The van der Waals surface area contributed by atoms with Crippen LogP contribution < -0.4 is 0 Å². The molecule has 0 aromatic rings. The minimum absolute atomic E-state index is 0.333. The molecular weight excluding hydrogens is 457 g/mol. The van der Waals surface area contributed by atoms with Crippen LogP contribution in [0.2, 0.25) is 64.5 Å². The van der Waals surface area contributed by atoms with Gasteiger partial charge in [0, 0.05) is 21.9 Å². The fourth-order valence-electron chi connectivity index (χ4n) is 2.45. The van der Waals surface area contributed by atoms with E-state index in [1.54, 1.807) is 0 Å². The Bertz CT molecular complexity index is 556. The molecule has 0 amide bonds. The largest absolute Gasteiger partial charge is 0.478 e. The molecule has 30 heavy (non-hydrogen) atoms. The van der Waals surface area contributed by atoms with Crippen molar-refractivity contribution in [3.63, 3.8) is 0 Å². The van der Waals surface area contributed by atoms with Gasteiger partial charge in [-0.05, 0) is 58.9 Å². The Morgan fingerprint density at radius 2 is 1.30 bits per heavy atom. The summed E-state index contributed by atoms with van der Waals surface area (Å²) in [6.45, 7) is 22.1. The molecule has 0 fully saturated rings. The number of rotatable bonds is 11. The van der Waals surface area contributed by atoms with Gasteiger partial charge in [-0.1, -0.05) is 19.9 Å². The SMILES string of the molecule is C=CC(=O)O.CCC([SiH3])C(O)(O[Si](C)(C)C)C(O)(O[Si](C)(C)C)C(O)O[Si](C)(C)C. The number of carbonyl (C=O) groups is 1. The predicted molar refractivity (Wildman–Crippen MR) is 131 cm³/mol. The zero-order valence-electron chi connectivity index (χ0n) is 20.6. The third kappa shape index (κ3) is 11.5. The Labute approximate surface area is 188 Å². The lowest BCUT2D eigenvalue weighted by Gasteiger charge is -2.52. The molecule has 0 spiro atoms. The molecule has 0 aromatic carbocycles. The molecular formula is C18H44O8Si4. The monoisotopic (exact) mass is 500 g/mol. The summed E-state index contributed by atoms with van der Waals surface area (Å²) in [7, 11) is -6.27. The molecule has 0 aliphatic rings. The topological polar surface area (TPSA) is 126 Å². The molecule has 0 rings (SSSR count). The van der Waals surface area contributed by atoms with Crippen LogP contribution in [0.15, 0.2) is 12.7 Å². The van der Waals surface area contributed by atoms with E-state index in [0.29, 0.717) is 16.7 Å². The maximum Gasteiger partial charge on any atom is 0.327 e. The Hall–Kier alpha value is -0.162. The molecule has 0 heterocycles. The molecule has 4 atom stereocenters. The Balaban J connectivity index is 0. The van der Waals surface area contributed by atoms with Crippen molar-refractivity contribution in [3.05, 3.63) is 12.7 Å². The van der Waals surface area contributed by atoms with Crippen molar-refractivity contribution < 1.29 is 38.5 Å². The van der Waals surface area contributed by atoms with Crippen LogP contribution in [0, 0.1) is 0 Å². The number of aliphatic hydroxyl groups excluding tert-OH is 1. The van der Waals surface area contributed by atoms with E-state index in [2.05, 4.69) is 6.58 Å². The first-order valence-corrected chi connectivity index (χ1v) is 21.5. The number of aliphatic carboxylic acids is 1. The van der Waals surface area contributed by atoms with Crippen molar-refractivity contribution in [1.82, 2.24) is 0 Å². The van der Waals surface area contributed by atoms with Gasteiger partial charge in [0.25, 0.3) is 5.79 Å². The van der Waals surface area contributed by atoms with Crippen LogP contribution in [0.4, 0.5) is 0 Å². The summed E-state index contributed by atoms with van der Waals surface area (Å²) in [5.41, 5.74) is -0.333. The van der Waals surface area contributed by atoms with Crippen LogP contribution in [0.3, 0.4) is 0 Å². The lowest BCUT2D eigenvalue weighted by molar-refractivity contribution is -0.395. The highest BCUT2D eigenvalue weighted by atomic mass is 28.4. The second kappa shape index (κ2) is 11.6. The highest BCUT2D eigenvalue weighted by Gasteiger charge is 2.62. The molecule has 0 aromatic heterocycles. The first-order valence-electron chi connectivity index (χ1n) is 10.1. The summed E-state index contributed by atoms with van der Waals surface area (Å²) < 4.78 is 17.8. The fraction of sp³-hybridized carbons (Fsp3) is 0.833. The molecule has 4 N–H and O–H groups in total. The van der Waals surface area contributed by atoms with E-state index in [0.717, 1.165) is 6.08 Å². The van der Waals surface area contributed by atoms with Crippen molar-refractivity contribution in [2.24, 2.45) is 0 Å². The van der Waals surface area contributed by atoms with Crippen LogP contribution in [-0.2, 0) is 18.1 Å². The normalized spacial score (nSPS) is 19.0. The van der Waals surface area contributed by atoms with Gasteiger partial charge in [-0.15, -0.1) is 0 Å². The molecule has 12 heteroatoms. The van der Waals surface area contributed by atoms with Gasteiger partial charge in [0.05, 0.1) is 0 Å². The van der Waals surface area contributed by atoms with Gasteiger partial charge >= 0.3 is 5.97 Å². The second-order valence-electron chi connectivity index (χ2n) is 10.3. The first kappa shape index (κ1) is 32.0. The van der Waals surface area contributed by atoms with Crippen LogP contribution in [0.1, 0.15) is 13.3 Å². The molecule has 0 aliphatic heterocycles. The Kier molecular flexibility index (Phi) is 12.4. The Morgan fingerprint density at radius 1 is 0.967 bits per heavy atom. The summed E-state index contributed by atoms with van der Waals surface area (Å²) in [6, 6.07) is 0. The summed E-state index contributed by atoms with van der Waals surface area (Å²) in [5.74, 6) is -5.33. The third-order valence-electron chi connectivity index (χ3n) is 3.69. The van der Waals surface area contributed by atoms with Gasteiger partial charge < -0.3 is 33.7 Å². The highest BCUT2D eigenvalue weighted by molar-refractivity contribution is 6.70. The van der Waals surface area contributed by atoms with Gasteiger partial charge in [0.1, 0.15) is 0 Å². The molecule has 0 radical (unpaired) electrons. The summed E-state index contributed by atoms with van der Waals surface area (Å²) in [6.07, 6.45) is -0.250. The molecule has 0 saturated carbocycles.